The molecule has 1 unspecified atom stereocenters. The maximum Gasteiger partial charge on any atom is 0.330 e. The quantitative estimate of drug-likeness (QED) is 0.884. The van der Waals surface area contributed by atoms with Gasteiger partial charge < -0.3 is 14.9 Å². The van der Waals surface area contributed by atoms with Crippen molar-refractivity contribution in [3.8, 4) is 0 Å². The van der Waals surface area contributed by atoms with E-state index in [0.717, 1.165) is 11.1 Å². The van der Waals surface area contributed by atoms with Crippen LogP contribution in [0.5, 0.6) is 0 Å². The van der Waals surface area contributed by atoms with Gasteiger partial charge in [-0.05, 0) is 36.5 Å². The van der Waals surface area contributed by atoms with Crippen molar-refractivity contribution in [3.05, 3.63) is 52.4 Å². The number of nitrogens with zero attached hydrogens (tertiary/aromatic N) is 1. The van der Waals surface area contributed by atoms with Gasteiger partial charge in [-0.25, -0.2) is 4.79 Å². The van der Waals surface area contributed by atoms with Gasteiger partial charge in [0.05, 0.1) is 5.69 Å². The van der Waals surface area contributed by atoms with Crippen molar-refractivity contribution in [1.82, 2.24) is 10.5 Å². The average molecular weight is 316 g/mol. The van der Waals surface area contributed by atoms with Crippen molar-refractivity contribution >= 4 is 11.9 Å². The van der Waals surface area contributed by atoms with Crippen LogP contribution >= 0.6 is 0 Å². The van der Waals surface area contributed by atoms with Crippen LogP contribution in [0.25, 0.3) is 0 Å². The molecule has 6 nitrogen and oxygen atoms in total. The monoisotopic (exact) mass is 316 g/mol. The maximum atomic E-state index is 12.3. The van der Waals surface area contributed by atoms with Crippen molar-refractivity contribution < 1.29 is 19.2 Å². The number of nitrogens with one attached hydrogen (secondary N) is 1. The molecule has 1 aromatic heterocycles. The molecule has 0 aliphatic heterocycles. The van der Waals surface area contributed by atoms with Crippen LogP contribution in [0.4, 0.5) is 0 Å². The van der Waals surface area contributed by atoms with Crippen LogP contribution in [0.15, 0.2) is 28.8 Å². The summed E-state index contributed by atoms with van der Waals surface area (Å²) in [4.78, 5) is 23.8. The molecule has 1 aromatic carbocycles. The predicted molar refractivity (Wildman–Crippen MR) is 84.4 cm³/mol. The van der Waals surface area contributed by atoms with Gasteiger partial charge in [0.15, 0.2) is 6.04 Å². The van der Waals surface area contributed by atoms with Gasteiger partial charge in [0, 0.05) is 6.07 Å². The maximum absolute atomic E-state index is 12.3. The molecule has 2 rings (SSSR count). The molecule has 0 radical (unpaired) electrons. The zero-order chi connectivity index (χ0) is 17.1. The zero-order valence-corrected chi connectivity index (χ0v) is 13.6. The molecule has 6 heteroatoms. The van der Waals surface area contributed by atoms with Crippen LogP contribution in [0.1, 0.15) is 58.7 Å². The summed E-state index contributed by atoms with van der Waals surface area (Å²) in [5, 5.41) is 15.8. The highest BCUT2D eigenvalue weighted by molar-refractivity contribution is 5.94. The summed E-state index contributed by atoms with van der Waals surface area (Å²) in [6, 6.07) is 5.74. The van der Waals surface area contributed by atoms with E-state index in [9.17, 15) is 14.7 Å². The van der Waals surface area contributed by atoms with E-state index < -0.39 is 17.9 Å². The Bertz CT molecular complexity index is 734. The molecule has 2 aromatic rings. The minimum Gasteiger partial charge on any atom is -0.479 e. The second kappa shape index (κ2) is 6.64. The molecular formula is C17H20N2O4. The van der Waals surface area contributed by atoms with E-state index in [1.54, 1.807) is 12.1 Å². The minimum absolute atomic E-state index is 0.00487. The second-order valence-corrected chi connectivity index (χ2v) is 5.80. The van der Waals surface area contributed by atoms with Crippen molar-refractivity contribution in [2.45, 2.75) is 39.7 Å². The number of hydrogen-bond donors (Lipinski definition) is 2. The Balaban J connectivity index is 2.27. The standard InChI is InChI=1S/C17H20N2O4/c1-9(2)13-8-14(23-19-13)16(20)18-15(17(21)22)12-7-5-6-10(3)11(12)4/h5-9,15H,1-4H3,(H,18,20)(H,21,22). The first-order valence-corrected chi connectivity index (χ1v) is 7.37. The van der Waals surface area contributed by atoms with Gasteiger partial charge in [0.2, 0.25) is 5.76 Å². The molecule has 0 aliphatic carbocycles. The summed E-state index contributed by atoms with van der Waals surface area (Å²) < 4.78 is 5.00. The number of carboxylic acids is 1. The van der Waals surface area contributed by atoms with Gasteiger partial charge >= 0.3 is 5.97 Å². The number of aliphatic carboxylic acids is 1. The third-order valence-corrected chi connectivity index (χ3v) is 3.82. The normalized spacial score (nSPS) is 12.2. The lowest BCUT2D eigenvalue weighted by Gasteiger charge is -2.17. The Hall–Kier alpha value is -2.63. The third-order valence-electron chi connectivity index (χ3n) is 3.82. The van der Waals surface area contributed by atoms with Crippen molar-refractivity contribution in [2.75, 3.05) is 0 Å². The molecule has 0 bridgehead atoms. The van der Waals surface area contributed by atoms with E-state index in [-0.39, 0.29) is 11.7 Å². The number of hydrogen-bond acceptors (Lipinski definition) is 4. The summed E-state index contributed by atoms with van der Waals surface area (Å²) in [6.07, 6.45) is 0. The first-order valence-electron chi connectivity index (χ1n) is 7.37. The van der Waals surface area contributed by atoms with Crippen molar-refractivity contribution in [2.24, 2.45) is 0 Å². The van der Waals surface area contributed by atoms with Crippen molar-refractivity contribution in [3.63, 3.8) is 0 Å². The molecule has 0 saturated carbocycles. The van der Waals surface area contributed by atoms with Gasteiger partial charge in [-0.3, -0.25) is 4.79 Å². The first-order chi connectivity index (χ1) is 10.8. The summed E-state index contributed by atoms with van der Waals surface area (Å²) >= 11 is 0. The fraction of sp³-hybridized carbons (Fsp3) is 0.353. The SMILES string of the molecule is Cc1cccc(C(NC(=O)c2cc(C(C)C)no2)C(=O)O)c1C. The number of carboxylic acid groups (broad SMARTS) is 1. The number of carbonyl (C=O) groups excluding carboxylic acids is 1. The topological polar surface area (TPSA) is 92.4 Å². The Kier molecular flexibility index (Phi) is 4.83. The number of benzene rings is 1. The molecule has 0 fully saturated rings. The molecule has 2 N–H and O–H groups in total. The number of amides is 1. The van der Waals surface area contributed by atoms with Crippen LogP contribution in [0.3, 0.4) is 0 Å². The lowest BCUT2D eigenvalue weighted by molar-refractivity contribution is -0.139. The van der Waals surface area contributed by atoms with Gasteiger partial charge in [-0.2, -0.15) is 0 Å². The van der Waals surface area contributed by atoms with E-state index in [4.69, 9.17) is 4.52 Å². The van der Waals surface area contributed by atoms with Gasteiger partial charge in [-0.1, -0.05) is 37.2 Å². The molecule has 122 valence electrons. The van der Waals surface area contributed by atoms with E-state index in [2.05, 4.69) is 10.5 Å². The minimum atomic E-state index is -1.14. The Morgan fingerprint density at radius 1 is 1.26 bits per heavy atom. The largest absolute Gasteiger partial charge is 0.479 e. The van der Waals surface area contributed by atoms with E-state index >= 15 is 0 Å². The van der Waals surface area contributed by atoms with Crippen LogP contribution in [-0.2, 0) is 4.79 Å². The highest BCUT2D eigenvalue weighted by Gasteiger charge is 2.26. The molecule has 0 spiro atoms. The van der Waals surface area contributed by atoms with Gasteiger partial charge in [-0.15, -0.1) is 0 Å². The fourth-order valence-corrected chi connectivity index (χ4v) is 2.23. The van der Waals surface area contributed by atoms with Crippen LogP contribution in [-0.4, -0.2) is 22.1 Å². The Labute approximate surface area is 134 Å². The fourth-order valence-electron chi connectivity index (χ4n) is 2.23. The Morgan fingerprint density at radius 3 is 2.52 bits per heavy atom. The summed E-state index contributed by atoms with van der Waals surface area (Å²) in [6.45, 7) is 7.58. The molecule has 23 heavy (non-hydrogen) atoms. The third kappa shape index (κ3) is 3.59. The van der Waals surface area contributed by atoms with E-state index in [1.807, 2.05) is 33.8 Å². The average Bonchev–Trinajstić information content (AvgIpc) is 2.98. The summed E-state index contributed by atoms with van der Waals surface area (Å²) in [5.74, 6) is -1.60. The number of aromatic nitrogens is 1. The van der Waals surface area contributed by atoms with Crippen LogP contribution < -0.4 is 5.32 Å². The smallest absolute Gasteiger partial charge is 0.330 e. The summed E-state index contributed by atoms with van der Waals surface area (Å²) in [7, 11) is 0. The molecule has 1 heterocycles. The molecule has 0 aliphatic rings. The first kappa shape index (κ1) is 16.7. The Morgan fingerprint density at radius 2 is 1.96 bits per heavy atom. The predicted octanol–water partition coefficient (Wildman–Crippen LogP) is 2.97. The summed E-state index contributed by atoms with van der Waals surface area (Å²) in [5.41, 5.74) is 2.99. The number of carbonyl (C=O) groups is 2. The van der Waals surface area contributed by atoms with Crippen LogP contribution in [0.2, 0.25) is 0 Å². The van der Waals surface area contributed by atoms with E-state index in [1.165, 1.54) is 6.07 Å². The van der Waals surface area contributed by atoms with Crippen LogP contribution in [0, 0.1) is 13.8 Å². The molecule has 1 atom stereocenters. The number of aryl methyl sites for hydroxylation is 1. The lowest BCUT2D eigenvalue weighted by atomic mass is 9.97. The number of rotatable bonds is 5. The van der Waals surface area contributed by atoms with E-state index in [0.29, 0.717) is 11.3 Å². The highest BCUT2D eigenvalue weighted by Crippen LogP contribution is 2.22. The zero-order valence-electron chi connectivity index (χ0n) is 13.6. The highest BCUT2D eigenvalue weighted by atomic mass is 16.5. The second-order valence-electron chi connectivity index (χ2n) is 5.80. The van der Waals surface area contributed by atoms with Crippen molar-refractivity contribution in [1.29, 1.82) is 0 Å². The van der Waals surface area contributed by atoms with Gasteiger partial charge in [0.25, 0.3) is 5.91 Å². The molecular weight excluding hydrogens is 296 g/mol. The molecule has 1 amide bonds. The molecule has 0 saturated heterocycles. The van der Waals surface area contributed by atoms with Gasteiger partial charge in [0.1, 0.15) is 0 Å². The lowest BCUT2D eigenvalue weighted by Crippen LogP contribution is -2.34.